The van der Waals surface area contributed by atoms with Crippen molar-refractivity contribution in [3.05, 3.63) is 196 Å². The molecule has 0 atom stereocenters. The zero-order valence-corrected chi connectivity index (χ0v) is 44.4. The molecule has 11 rings (SSSR count). The van der Waals surface area contributed by atoms with Crippen LogP contribution in [0.3, 0.4) is 0 Å². The van der Waals surface area contributed by atoms with Gasteiger partial charge < -0.3 is 0 Å². The summed E-state index contributed by atoms with van der Waals surface area (Å²) in [4.78, 5) is 4.90. The van der Waals surface area contributed by atoms with Gasteiger partial charge in [-0.1, -0.05) is 33.8 Å². The third-order valence-corrected chi connectivity index (χ3v) is 15.9. The first-order valence-electron chi connectivity index (χ1n) is 24.7. The van der Waals surface area contributed by atoms with Crippen molar-refractivity contribution >= 4 is 32.8 Å². The summed E-state index contributed by atoms with van der Waals surface area (Å²) in [6, 6.07) is 59.8. The van der Waals surface area contributed by atoms with Gasteiger partial charge in [-0.05, 0) is 40.9 Å². The van der Waals surface area contributed by atoms with E-state index in [1.807, 2.05) is 12.3 Å². The standard InChI is InChI=1S/C64H62N4O.Pt/c1-61(2,3)44-34-43(35-45(36-44)62(4,5)6)50-25-19-24-49(42-20-12-11-13-21-42)60(50)67-41-66(55-26-14-15-27-56(55)67)46-22-18-23-47(37-46)69-48-29-30-51-52-39-53-54(64(9,10)32-31-63(53,7)8)40-58(52)68(57(51)38-48)59-28-16-17-33-65-59;/h11-30,33-40H,31-32H2,1-10H3;. The molecule has 0 radical (unpaired) electrons. The van der Waals surface area contributed by atoms with Crippen LogP contribution in [0.4, 0.5) is 0 Å². The molecule has 70 heavy (non-hydrogen) atoms. The molecule has 6 heteroatoms. The van der Waals surface area contributed by atoms with E-state index in [2.05, 4.69) is 260 Å². The van der Waals surface area contributed by atoms with E-state index in [9.17, 15) is 0 Å². The Labute approximate surface area is 423 Å². The van der Waals surface area contributed by atoms with Crippen molar-refractivity contribution in [3.63, 3.8) is 0 Å². The maximum atomic E-state index is 6.92. The van der Waals surface area contributed by atoms with E-state index >= 15 is 0 Å². The Morgan fingerprint density at radius 1 is 0.486 bits per heavy atom. The zero-order chi connectivity index (χ0) is 48.9. The van der Waals surface area contributed by atoms with Gasteiger partial charge in [0.25, 0.3) is 0 Å². The molecule has 0 amide bonds. The summed E-state index contributed by atoms with van der Waals surface area (Å²) in [5.74, 6) is 2.42. The van der Waals surface area contributed by atoms with E-state index in [1.54, 1.807) is 0 Å². The number of rotatable bonds is 7. The fourth-order valence-electron chi connectivity index (χ4n) is 10.8. The summed E-state index contributed by atoms with van der Waals surface area (Å²) >= 11 is 2.54. The number of hydrogen-bond donors (Lipinski definition) is 0. The fourth-order valence-corrected chi connectivity index (χ4v) is 11.9. The van der Waals surface area contributed by atoms with Crippen LogP contribution in [0.15, 0.2) is 170 Å². The molecule has 3 aromatic heterocycles. The molecule has 0 N–H and O–H groups in total. The van der Waals surface area contributed by atoms with Crippen molar-refractivity contribution < 1.29 is 24.1 Å². The molecule has 0 bridgehead atoms. The Morgan fingerprint density at radius 3 is 1.73 bits per heavy atom. The van der Waals surface area contributed by atoms with Crippen LogP contribution in [0.5, 0.6) is 11.5 Å². The molecule has 1 aliphatic rings. The van der Waals surface area contributed by atoms with Gasteiger partial charge in [-0.15, -0.1) is 0 Å². The second kappa shape index (κ2) is 16.8. The van der Waals surface area contributed by atoms with Gasteiger partial charge in [0.1, 0.15) is 0 Å². The first-order valence-corrected chi connectivity index (χ1v) is 25.9. The van der Waals surface area contributed by atoms with Crippen LogP contribution >= 0.6 is 0 Å². The number of aromatic nitrogens is 4. The monoisotopic (exact) mass is 1100 g/mol. The third kappa shape index (κ3) is 7.91. The number of ether oxygens (including phenoxy) is 1. The number of fused-ring (bicyclic) bond motifs is 5. The normalized spacial score (nSPS) is 14.6. The summed E-state index contributed by atoms with van der Waals surface area (Å²) in [5.41, 5.74) is 17.0. The molecule has 3 heterocycles. The van der Waals surface area contributed by atoms with Crippen LogP contribution in [-0.4, -0.2) is 18.7 Å². The number of para-hydroxylation sites is 3. The zero-order valence-electron chi connectivity index (χ0n) is 42.1. The minimum absolute atomic E-state index is 0.0321. The molecule has 0 fully saturated rings. The second-order valence-electron chi connectivity index (χ2n) is 22.8. The molecule has 0 unspecified atom stereocenters. The summed E-state index contributed by atoms with van der Waals surface area (Å²) < 4.78 is 15.1. The summed E-state index contributed by atoms with van der Waals surface area (Å²) in [6.07, 6.45) is 4.21. The van der Waals surface area contributed by atoms with E-state index in [0.717, 1.165) is 55.5 Å². The van der Waals surface area contributed by atoms with Gasteiger partial charge in [0.2, 0.25) is 0 Å². The van der Waals surface area contributed by atoms with Crippen LogP contribution in [0.25, 0.3) is 72.3 Å². The van der Waals surface area contributed by atoms with Crippen molar-refractivity contribution in [2.45, 2.75) is 104 Å². The SMILES string of the molecule is CC(C)(C)c1cc(-c2cccc(-c3ccccc3)c2-n2[c](=[Pt])n(-c3cccc(Oc4ccc5c6cc7c(cc6n(-c6ccccn6)c5c4)C(C)(C)CCC7(C)C)c3)c3ccccc32)cc(C(C)(C)C)c1. The van der Waals surface area contributed by atoms with E-state index in [1.165, 1.54) is 67.2 Å². The van der Waals surface area contributed by atoms with Crippen LogP contribution < -0.4 is 4.74 Å². The van der Waals surface area contributed by atoms with Crippen molar-refractivity contribution in [3.8, 4) is 50.9 Å². The van der Waals surface area contributed by atoms with Crippen LogP contribution in [0.1, 0.15) is 104 Å². The number of hydrogen-bond acceptors (Lipinski definition) is 2. The molecule has 0 aliphatic heterocycles. The van der Waals surface area contributed by atoms with Gasteiger partial charge in [0.05, 0.1) is 0 Å². The van der Waals surface area contributed by atoms with E-state index < -0.39 is 0 Å². The van der Waals surface area contributed by atoms with Crippen LogP contribution in [0.2, 0.25) is 0 Å². The minimum atomic E-state index is -0.0321. The summed E-state index contributed by atoms with van der Waals surface area (Å²) in [6.45, 7) is 23.5. The molecule has 1 aliphatic carbocycles. The first kappa shape index (κ1) is 45.9. The first-order chi connectivity index (χ1) is 33.4. The summed E-state index contributed by atoms with van der Waals surface area (Å²) in [7, 11) is 0. The Morgan fingerprint density at radius 2 is 1.07 bits per heavy atom. The predicted molar refractivity (Wildman–Crippen MR) is 288 cm³/mol. The van der Waals surface area contributed by atoms with Crippen molar-refractivity contribution in [2.24, 2.45) is 0 Å². The summed E-state index contributed by atoms with van der Waals surface area (Å²) in [5, 5.41) is 2.44. The quantitative estimate of drug-likeness (QED) is 0.159. The molecule has 7 aromatic carbocycles. The Kier molecular flexibility index (Phi) is 11.0. The molecule has 0 saturated carbocycles. The van der Waals surface area contributed by atoms with E-state index in [4.69, 9.17) is 9.72 Å². The maximum absolute atomic E-state index is 6.92. The van der Waals surface area contributed by atoms with Crippen LogP contribution in [-0.2, 0) is 41.0 Å². The van der Waals surface area contributed by atoms with Crippen molar-refractivity contribution in [2.75, 3.05) is 0 Å². The average molecular weight is 1100 g/mol. The Hall–Kier alpha value is -6.55. The molecule has 5 nitrogen and oxygen atoms in total. The number of nitrogens with zero attached hydrogens (tertiary/aromatic N) is 4. The molecular weight excluding hydrogens is 1040 g/mol. The molecule has 0 spiro atoms. The van der Waals surface area contributed by atoms with E-state index in [-0.39, 0.29) is 21.7 Å². The Balaban J connectivity index is 1.07. The fraction of sp³-hybridized carbons (Fsp3) is 0.250. The topological polar surface area (TPSA) is 36.9 Å². The number of pyridine rings is 1. The van der Waals surface area contributed by atoms with Crippen LogP contribution in [0, 0.1) is 3.80 Å². The van der Waals surface area contributed by atoms with Gasteiger partial charge >= 0.3 is 346 Å². The van der Waals surface area contributed by atoms with Gasteiger partial charge in [-0.25, -0.2) is 0 Å². The number of imidazole rings is 1. The predicted octanol–water partition coefficient (Wildman–Crippen LogP) is 17.1. The molecule has 10 aromatic rings. The second-order valence-corrected chi connectivity index (χ2v) is 23.8. The van der Waals surface area contributed by atoms with Gasteiger partial charge in [0, 0.05) is 6.20 Å². The Bertz CT molecular complexity index is 3690. The molecular formula is C64H62N4OPt. The van der Waals surface area contributed by atoms with Gasteiger partial charge in [-0.3, -0.25) is 0 Å². The van der Waals surface area contributed by atoms with Gasteiger partial charge in [0.15, 0.2) is 0 Å². The average Bonchev–Trinajstić information content (AvgIpc) is 3.82. The van der Waals surface area contributed by atoms with Crippen molar-refractivity contribution in [1.29, 1.82) is 0 Å². The molecule has 0 saturated heterocycles. The third-order valence-electron chi connectivity index (χ3n) is 14.9. The number of benzene rings is 7. The van der Waals surface area contributed by atoms with Crippen molar-refractivity contribution in [1.82, 2.24) is 18.7 Å². The van der Waals surface area contributed by atoms with E-state index in [0.29, 0.717) is 0 Å². The van der Waals surface area contributed by atoms with Gasteiger partial charge in [-0.2, -0.15) is 0 Å². The molecule has 354 valence electrons.